The van der Waals surface area contributed by atoms with Crippen molar-refractivity contribution in [1.29, 1.82) is 0 Å². The SMILES string of the molecule is C=C(CCC)C(CC)C(OP(O)O)(c1ccc(C(C)(C)C)cc1C(C)(C)C)c1ccc(C(C)(C)C)cc1C(C)(C)C. The van der Waals surface area contributed by atoms with E-state index >= 15 is 0 Å². The van der Waals surface area contributed by atoms with Gasteiger partial charge in [-0.2, -0.15) is 0 Å². The van der Waals surface area contributed by atoms with Crippen LogP contribution >= 0.6 is 8.60 Å². The van der Waals surface area contributed by atoms with Crippen LogP contribution in [0.5, 0.6) is 0 Å². The zero-order chi connectivity index (χ0) is 31.8. The van der Waals surface area contributed by atoms with E-state index in [4.69, 9.17) is 4.52 Å². The highest BCUT2D eigenvalue weighted by molar-refractivity contribution is 7.39. The van der Waals surface area contributed by atoms with Crippen molar-refractivity contribution in [3.05, 3.63) is 81.9 Å². The highest BCUT2D eigenvalue weighted by Gasteiger charge is 2.50. The zero-order valence-corrected chi connectivity index (χ0v) is 29.5. The summed E-state index contributed by atoms with van der Waals surface area (Å²) in [6.07, 6.45) is 2.55. The Morgan fingerprint density at radius 3 is 1.34 bits per heavy atom. The van der Waals surface area contributed by atoms with Crippen molar-refractivity contribution >= 4 is 8.60 Å². The van der Waals surface area contributed by atoms with Crippen LogP contribution in [0.3, 0.4) is 0 Å². The third-order valence-electron chi connectivity index (χ3n) is 8.38. The van der Waals surface area contributed by atoms with Crippen LogP contribution in [-0.2, 0) is 31.8 Å². The quantitative estimate of drug-likeness (QED) is 0.228. The minimum atomic E-state index is -2.71. The second-order valence-electron chi connectivity index (χ2n) is 16.0. The van der Waals surface area contributed by atoms with Gasteiger partial charge in [-0.05, 0) is 67.9 Å². The van der Waals surface area contributed by atoms with Crippen LogP contribution in [0.25, 0.3) is 0 Å². The summed E-state index contributed by atoms with van der Waals surface area (Å²) in [6, 6.07) is 13.4. The molecule has 2 aromatic rings. The minimum Gasteiger partial charge on any atom is -0.328 e. The smallest absolute Gasteiger partial charge is 0.328 e. The third-order valence-corrected chi connectivity index (χ3v) is 8.83. The summed E-state index contributed by atoms with van der Waals surface area (Å²) in [5, 5.41) is 0. The van der Waals surface area contributed by atoms with Crippen LogP contribution in [0.15, 0.2) is 48.6 Å². The van der Waals surface area contributed by atoms with Crippen molar-refractivity contribution in [2.75, 3.05) is 0 Å². The van der Waals surface area contributed by atoms with Gasteiger partial charge in [0.15, 0.2) is 0 Å². The minimum absolute atomic E-state index is 0.0382. The topological polar surface area (TPSA) is 49.7 Å². The average Bonchev–Trinajstić information content (AvgIpc) is 2.80. The second kappa shape index (κ2) is 12.6. The third kappa shape index (κ3) is 7.91. The van der Waals surface area contributed by atoms with Gasteiger partial charge < -0.3 is 9.79 Å². The van der Waals surface area contributed by atoms with Crippen molar-refractivity contribution in [2.24, 2.45) is 5.92 Å². The summed E-state index contributed by atoms with van der Waals surface area (Å²) in [5.74, 6) is -0.171. The summed E-state index contributed by atoms with van der Waals surface area (Å²) >= 11 is 0. The number of rotatable bonds is 9. The molecule has 0 heterocycles. The molecular formula is C37H59O3P. The summed E-state index contributed by atoms with van der Waals surface area (Å²) in [6.45, 7) is 35.8. The van der Waals surface area contributed by atoms with E-state index < -0.39 is 14.2 Å². The van der Waals surface area contributed by atoms with Crippen LogP contribution < -0.4 is 0 Å². The maximum absolute atomic E-state index is 10.8. The van der Waals surface area contributed by atoms with E-state index in [2.05, 4.69) is 140 Å². The lowest BCUT2D eigenvalue weighted by Gasteiger charge is -2.47. The summed E-state index contributed by atoms with van der Waals surface area (Å²) in [5.41, 5.74) is 6.19. The first-order chi connectivity index (χ1) is 18.5. The fraction of sp³-hybridized carbons (Fsp3) is 0.622. The molecule has 0 bridgehead atoms. The standard InChI is InChI=1S/C37H59O3P/c1-16-18-25(3)28(17-2)37(40-41(38)39,29-21-19-26(33(4,5)6)23-31(29)35(10,11)12)30-22-20-27(34(7,8)9)24-32(30)36(13,14)15/h19-24,28,38-39H,3,16-18H2,1-2,4-15H3. The second-order valence-corrected chi connectivity index (χ2v) is 16.7. The molecule has 2 rings (SSSR count). The van der Waals surface area contributed by atoms with Gasteiger partial charge in [0.2, 0.25) is 0 Å². The molecule has 0 aliphatic carbocycles. The average molecular weight is 583 g/mol. The molecule has 3 nitrogen and oxygen atoms in total. The largest absolute Gasteiger partial charge is 0.328 e. The maximum atomic E-state index is 10.8. The Kier molecular flexibility index (Phi) is 11.0. The molecule has 0 radical (unpaired) electrons. The lowest BCUT2D eigenvalue weighted by Crippen LogP contribution is -2.43. The summed E-state index contributed by atoms with van der Waals surface area (Å²) in [7, 11) is -2.71. The highest BCUT2D eigenvalue weighted by Crippen LogP contribution is 2.56. The van der Waals surface area contributed by atoms with Gasteiger partial charge in [-0.15, -0.1) is 0 Å². The molecule has 0 aromatic heterocycles. The van der Waals surface area contributed by atoms with Gasteiger partial charge in [0, 0.05) is 5.92 Å². The summed E-state index contributed by atoms with van der Waals surface area (Å²) < 4.78 is 6.67. The van der Waals surface area contributed by atoms with E-state index in [1.54, 1.807) is 0 Å². The normalized spacial score (nSPS) is 14.5. The van der Waals surface area contributed by atoms with Crippen LogP contribution in [0.2, 0.25) is 0 Å². The molecule has 2 aromatic carbocycles. The van der Waals surface area contributed by atoms with E-state index in [-0.39, 0.29) is 27.6 Å². The highest BCUT2D eigenvalue weighted by atomic mass is 31.2. The molecule has 0 fully saturated rings. The monoisotopic (exact) mass is 582 g/mol. The molecule has 0 aliphatic heterocycles. The van der Waals surface area contributed by atoms with Gasteiger partial charge in [0.05, 0.1) is 0 Å². The van der Waals surface area contributed by atoms with E-state index in [9.17, 15) is 9.79 Å². The van der Waals surface area contributed by atoms with Gasteiger partial charge in [-0.1, -0.05) is 152 Å². The van der Waals surface area contributed by atoms with Gasteiger partial charge in [-0.3, -0.25) is 4.52 Å². The van der Waals surface area contributed by atoms with Crippen molar-refractivity contribution in [1.82, 2.24) is 0 Å². The molecule has 0 spiro atoms. The Hall–Kier alpha value is -1.51. The molecule has 0 aliphatic rings. The molecule has 1 unspecified atom stereocenters. The van der Waals surface area contributed by atoms with Crippen molar-refractivity contribution in [3.8, 4) is 0 Å². The Morgan fingerprint density at radius 1 is 0.683 bits per heavy atom. The van der Waals surface area contributed by atoms with E-state index in [1.807, 2.05) is 0 Å². The van der Waals surface area contributed by atoms with Crippen LogP contribution in [0.1, 0.15) is 150 Å². The fourth-order valence-electron chi connectivity index (χ4n) is 6.08. The molecule has 1 atom stereocenters. The lowest BCUT2D eigenvalue weighted by atomic mass is 9.63. The van der Waals surface area contributed by atoms with Crippen molar-refractivity contribution < 1.29 is 14.3 Å². The van der Waals surface area contributed by atoms with Crippen LogP contribution in [0, 0.1) is 5.92 Å². The van der Waals surface area contributed by atoms with E-state index in [0.29, 0.717) is 0 Å². The first-order valence-corrected chi connectivity index (χ1v) is 16.5. The number of hydrogen-bond acceptors (Lipinski definition) is 3. The van der Waals surface area contributed by atoms with Gasteiger partial charge >= 0.3 is 8.60 Å². The Labute approximate surface area is 253 Å². The number of benzene rings is 2. The Balaban J connectivity index is 3.32. The Morgan fingerprint density at radius 2 is 1.07 bits per heavy atom. The van der Waals surface area contributed by atoms with Crippen LogP contribution in [0.4, 0.5) is 0 Å². The predicted octanol–water partition coefficient (Wildman–Crippen LogP) is 10.7. The zero-order valence-electron chi connectivity index (χ0n) is 28.6. The first-order valence-electron chi connectivity index (χ1n) is 15.4. The molecule has 230 valence electrons. The van der Waals surface area contributed by atoms with Gasteiger partial charge in [0.25, 0.3) is 0 Å². The maximum Gasteiger partial charge on any atom is 0.328 e. The molecule has 0 saturated heterocycles. The number of hydrogen-bond donors (Lipinski definition) is 2. The van der Waals surface area contributed by atoms with E-state index in [0.717, 1.165) is 47.1 Å². The summed E-state index contributed by atoms with van der Waals surface area (Å²) in [4.78, 5) is 21.6. The molecule has 4 heteroatoms. The van der Waals surface area contributed by atoms with Gasteiger partial charge in [0.1, 0.15) is 5.60 Å². The molecule has 0 saturated carbocycles. The molecule has 2 N–H and O–H groups in total. The lowest BCUT2D eigenvalue weighted by molar-refractivity contribution is 0.0395. The van der Waals surface area contributed by atoms with Crippen molar-refractivity contribution in [3.63, 3.8) is 0 Å². The van der Waals surface area contributed by atoms with E-state index in [1.165, 1.54) is 11.1 Å². The Bertz CT molecular complexity index is 1120. The fourth-order valence-corrected chi connectivity index (χ4v) is 6.66. The predicted molar refractivity (Wildman–Crippen MR) is 179 cm³/mol. The molecule has 0 amide bonds. The molecular weight excluding hydrogens is 523 g/mol. The first kappa shape index (κ1) is 35.7. The van der Waals surface area contributed by atoms with Crippen molar-refractivity contribution in [2.45, 2.75) is 143 Å². The molecule has 41 heavy (non-hydrogen) atoms. The van der Waals surface area contributed by atoms with Crippen LogP contribution in [-0.4, -0.2) is 9.79 Å². The van der Waals surface area contributed by atoms with Gasteiger partial charge in [-0.25, -0.2) is 0 Å².